The first-order chi connectivity index (χ1) is 9.10. The fraction of sp³-hybridized carbons (Fsp3) is 0.188. The van der Waals surface area contributed by atoms with Crippen LogP contribution in [0.4, 0.5) is 10.1 Å². The molecule has 0 aliphatic carbocycles. The van der Waals surface area contributed by atoms with Gasteiger partial charge in [-0.2, -0.15) is 5.26 Å². The minimum absolute atomic E-state index is 0.0566. The largest absolute Gasteiger partial charge is 0.378 e. The molecular formula is C16H15FN2. The van der Waals surface area contributed by atoms with Gasteiger partial charge in [-0.1, -0.05) is 29.8 Å². The number of anilines is 1. The van der Waals surface area contributed by atoms with Crippen LogP contribution >= 0.6 is 0 Å². The van der Waals surface area contributed by atoms with Crippen molar-refractivity contribution >= 4 is 5.69 Å². The third-order valence-electron chi connectivity index (χ3n) is 3.05. The Morgan fingerprint density at radius 1 is 1.16 bits per heavy atom. The molecule has 19 heavy (non-hydrogen) atoms. The summed E-state index contributed by atoms with van der Waals surface area (Å²) >= 11 is 0. The van der Waals surface area contributed by atoms with E-state index in [1.807, 2.05) is 19.9 Å². The van der Waals surface area contributed by atoms with Gasteiger partial charge in [-0.15, -0.1) is 0 Å². The normalized spacial score (nSPS) is 11.7. The summed E-state index contributed by atoms with van der Waals surface area (Å²) in [4.78, 5) is 0. The van der Waals surface area contributed by atoms with Crippen LogP contribution < -0.4 is 5.32 Å². The Kier molecular flexibility index (Phi) is 3.82. The Balaban J connectivity index is 2.17. The average Bonchev–Trinajstić information content (AvgIpc) is 2.41. The van der Waals surface area contributed by atoms with E-state index in [2.05, 4.69) is 29.6 Å². The van der Waals surface area contributed by atoms with Crippen LogP contribution in [-0.2, 0) is 0 Å². The fourth-order valence-corrected chi connectivity index (χ4v) is 1.89. The molecule has 1 N–H and O–H groups in total. The molecule has 0 saturated heterocycles. The Morgan fingerprint density at radius 3 is 2.47 bits per heavy atom. The van der Waals surface area contributed by atoms with Crippen LogP contribution in [0.2, 0.25) is 0 Å². The van der Waals surface area contributed by atoms with Gasteiger partial charge in [0.05, 0.1) is 5.56 Å². The topological polar surface area (TPSA) is 35.8 Å². The Morgan fingerprint density at radius 2 is 1.84 bits per heavy atom. The minimum Gasteiger partial charge on any atom is -0.378 e. The van der Waals surface area contributed by atoms with Crippen molar-refractivity contribution in [3.8, 4) is 6.07 Å². The van der Waals surface area contributed by atoms with E-state index in [4.69, 9.17) is 5.26 Å². The molecule has 0 bridgehead atoms. The third-order valence-corrected chi connectivity index (χ3v) is 3.05. The summed E-state index contributed by atoms with van der Waals surface area (Å²) in [6.07, 6.45) is 0. The zero-order valence-electron chi connectivity index (χ0n) is 10.9. The van der Waals surface area contributed by atoms with E-state index in [1.165, 1.54) is 17.7 Å². The molecule has 0 spiro atoms. The second kappa shape index (κ2) is 5.53. The van der Waals surface area contributed by atoms with Crippen LogP contribution in [0.25, 0.3) is 0 Å². The number of nitriles is 1. The zero-order valence-corrected chi connectivity index (χ0v) is 10.9. The standard InChI is InChI=1S/C16H15FN2/c1-11-3-5-13(6-4-11)12(2)19-15-7-8-16(17)14(9-15)10-18/h3-9,12,19H,1-2H3. The maximum absolute atomic E-state index is 13.2. The summed E-state index contributed by atoms with van der Waals surface area (Å²) in [5.74, 6) is -0.490. The summed E-state index contributed by atoms with van der Waals surface area (Å²) < 4.78 is 13.2. The average molecular weight is 254 g/mol. The van der Waals surface area contributed by atoms with Crippen LogP contribution in [0.3, 0.4) is 0 Å². The van der Waals surface area contributed by atoms with Crippen LogP contribution in [0, 0.1) is 24.1 Å². The summed E-state index contributed by atoms with van der Waals surface area (Å²) in [6.45, 7) is 4.07. The van der Waals surface area contributed by atoms with Gasteiger partial charge in [-0.3, -0.25) is 0 Å². The first-order valence-electron chi connectivity index (χ1n) is 6.13. The van der Waals surface area contributed by atoms with Crippen molar-refractivity contribution in [1.29, 1.82) is 5.26 Å². The molecule has 3 heteroatoms. The Bertz CT molecular complexity index is 612. The van der Waals surface area contributed by atoms with Gasteiger partial charge in [0.25, 0.3) is 0 Å². The first kappa shape index (κ1) is 13.1. The monoisotopic (exact) mass is 254 g/mol. The predicted octanol–water partition coefficient (Wildman–Crippen LogP) is 4.18. The molecule has 0 aliphatic rings. The van der Waals surface area contributed by atoms with E-state index in [9.17, 15) is 4.39 Å². The maximum atomic E-state index is 13.2. The highest BCUT2D eigenvalue weighted by Crippen LogP contribution is 2.21. The smallest absolute Gasteiger partial charge is 0.141 e. The van der Waals surface area contributed by atoms with Crippen molar-refractivity contribution in [2.24, 2.45) is 0 Å². The van der Waals surface area contributed by atoms with Crippen molar-refractivity contribution in [3.05, 3.63) is 65.0 Å². The molecular weight excluding hydrogens is 239 g/mol. The maximum Gasteiger partial charge on any atom is 0.141 e. The number of rotatable bonds is 3. The summed E-state index contributed by atoms with van der Waals surface area (Å²) in [5, 5.41) is 12.1. The van der Waals surface area contributed by atoms with Crippen molar-refractivity contribution in [2.75, 3.05) is 5.32 Å². The van der Waals surface area contributed by atoms with Crippen molar-refractivity contribution < 1.29 is 4.39 Å². The van der Waals surface area contributed by atoms with Crippen LogP contribution in [0.1, 0.15) is 29.7 Å². The molecule has 0 aromatic heterocycles. The lowest BCUT2D eigenvalue weighted by Gasteiger charge is -2.16. The van der Waals surface area contributed by atoms with Crippen LogP contribution in [0.5, 0.6) is 0 Å². The highest BCUT2D eigenvalue weighted by atomic mass is 19.1. The number of aryl methyl sites for hydroxylation is 1. The lowest BCUT2D eigenvalue weighted by molar-refractivity contribution is 0.624. The fourth-order valence-electron chi connectivity index (χ4n) is 1.89. The molecule has 0 saturated carbocycles. The van der Waals surface area contributed by atoms with Gasteiger partial charge >= 0.3 is 0 Å². The Labute approximate surface area is 112 Å². The molecule has 1 atom stereocenters. The van der Waals surface area contributed by atoms with Gasteiger partial charge in [0.2, 0.25) is 0 Å². The van der Waals surface area contributed by atoms with E-state index in [1.54, 1.807) is 6.07 Å². The number of hydrogen-bond donors (Lipinski definition) is 1. The summed E-state index contributed by atoms with van der Waals surface area (Å²) in [7, 11) is 0. The highest BCUT2D eigenvalue weighted by Gasteiger charge is 2.07. The molecule has 2 rings (SSSR count). The molecule has 0 aliphatic heterocycles. The van der Waals surface area contributed by atoms with E-state index in [-0.39, 0.29) is 11.6 Å². The van der Waals surface area contributed by atoms with E-state index >= 15 is 0 Å². The van der Waals surface area contributed by atoms with E-state index in [0.717, 1.165) is 11.3 Å². The number of hydrogen-bond acceptors (Lipinski definition) is 2. The second-order valence-corrected chi connectivity index (χ2v) is 4.58. The predicted molar refractivity (Wildman–Crippen MR) is 74.3 cm³/mol. The van der Waals surface area contributed by atoms with Gasteiger partial charge in [-0.25, -0.2) is 4.39 Å². The van der Waals surface area contributed by atoms with E-state index < -0.39 is 5.82 Å². The molecule has 1 unspecified atom stereocenters. The summed E-state index contributed by atoms with van der Waals surface area (Å²) in [6, 6.07) is 14.6. The Hall–Kier alpha value is -2.34. The number of benzene rings is 2. The van der Waals surface area contributed by atoms with Gasteiger partial charge in [0.15, 0.2) is 0 Å². The molecule has 0 amide bonds. The molecule has 0 fully saturated rings. The summed E-state index contributed by atoms with van der Waals surface area (Å²) in [5.41, 5.74) is 3.16. The first-order valence-corrected chi connectivity index (χ1v) is 6.13. The van der Waals surface area contributed by atoms with Gasteiger partial charge in [0, 0.05) is 11.7 Å². The van der Waals surface area contributed by atoms with Gasteiger partial charge in [0.1, 0.15) is 11.9 Å². The molecule has 0 heterocycles. The van der Waals surface area contributed by atoms with E-state index in [0.29, 0.717) is 0 Å². The molecule has 2 nitrogen and oxygen atoms in total. The minimum atomic E-state index is -0.490. The lowest BCUT2D eigenvalue weighted by Crippen LogP contribution is -2.06. The quantitative estimate of drug-likeness (QED) is 0.891. The highest BCUT2D eigenvalue weighted by molar-refractivity contribution is 5.51. The lowest BCUT2D eigenvalue weighted by atomic mass is 10.1. The second-order valence-electron chi connectivity index (χ2n) is 4.58. The van der Waals surface area contributed by atoms with Crippen LogP contribution in [-0.4, -0.2) is 0 Å². The number of halogens is 1. The number of nitrogens with zero attached hydrogens (tertiary/aromatic N) is 1. The molecule has 2 aromatic rings. The molecule has 0 radical (unpaired) electrons. The number of nitrogens with one attached hydrogen (secondary N) is 1. The van der Waals surface area contributed by atoms with Crippen molar-refractivity contribution in [3.63, 3.8) is 0 Å². The third kappa shape index (κ3) is 3.11. The van der Waals surface area contributed by atoms with Crippen molar-refractivity contribution in [2.45, 2.75) is 19.9 Å². The van der Waals surface area contributed by atoms with Crippen molar-refractivity contribution in [1.82, 2.24) is 0 Å². The zero-order chi connectivity index (χ0) is 13.8. The van der Waals surface area contributed by atoms with Gasteiger partial charge < -0.3 is 5.32 Å². The molecule has 2 aromatic carbocycles. The van der Waals surface area contributed by atoms with Crippen LogP contribution in [0.15, 0.2) is 42.5 Å². The SMILES string of the molecule is Cc1ccc(C(C)Nc2ccc(F)c(C#N)c2)cc1. The molecule has 96 valence electrons. The van der Waals surface area contributed by atoms with Gasteiger partial charge in [-0.05, 0) is 37.6 Å².